The SMILES string of the molecule is O=C(S)N(C(=O)S)C1CCCCC1. The van der Waals surface area contributed by atoms with Crippen LogP contribution in [0.15, 0.2) is 0 Å². The first-order chi connectivity index (χ1) is 6.13. The van der Waals surface area contributed by atoms with Gasteiger partial charge in [0.15, 0.2) is 0 Å². The highest BCUT2D eigenvalue weighted by atomic mass is 32.1. The van der Waals surface area contributed by atoms with Crippen LogP contribution < -0.4 is 0 Å². The first-order valence-electron chi connectivity index (χ1n) is 4.38. The number of nitrogens with zero attached hydrogens (tertiary/aromatic N) is 1. The summed E-state index contributed by atoms with van der Waals surface area (Å²) in [7, 11) is 0. The van der Waals surface area contributed by atoms with E-state index in [2.05, 4.69) is 25.3 Å². The van der Waals surface area contributed by atoms with Crippen LogP contribution in [0, 0.1) is 0 Å². The maximum atomic E-state index is 11.0. The van der Waals surface area contributed by atoms with E-state index in [4.69, 9.17) is 0 Å². The molecule has 74 valence electrons. The predicted octanol–water partition coefficient (Wildman–Crippen LogP) is 2.72. The Morgan fingerprint density at radius 2 is 1.46 bits per heavy atom. The van der Waals surface area contributed by atoms with Gasteiger partial charge in [-0.05, 0) is 12.8 Å². The fraction of sp³-hybridized carbons (Fsp3) is 0.750. The van der Waals surface area contributed by atoms with Crippen molar-refractivity contribution in [1.29, 1.82) is 0 Å². The van der Waals surface area contributed by atoms with Crippen LogP contribution in [0.1, 0.15) is 32.1 Å². The lowest BCUT2D eigenvalue weighted by atomic mass is 9.95. The van der Waals surface area contributed by atoms with E-state index in [1.165, 1.54) is 6.42 Å². The van der Waals surface area contributed by atoms with Crippen molar-refractivity contribution in [1.82, 2.24) is 4.90 Å². The molecule has 0 spiro atoms. The molecule has 0 unspecified atom stereocenters. The van der Waals surface area contributed by atoms with Crippen LogP contribution in [-0.2, 0) is 0 Å². The van der Waals surface area contributed by atoms with Crippen molar-refractivity contribution >= 4 is 35.7 Å². The summed E-state index contributed by atoms with van der Waals surface area (Å²) in [6, 6.07) is 0.0174. The highest BCUT2D eigenvalue weighted by molar-refractivity contribution is 7.98. The standard InChI is InChI=1S/C8H13NO2S2/c10-7(12)9(8(11)13)6-4-2-1-3-5-6/h6H,1-5H2,(H,10,12)(H,11,13). The average Bonchev–Trinajstić information content (AvgIpc) is 2.04. The van der Waals surface area contributed by atoms with Crippen molar-refractivity contribution in [3.05, 3.63) is 0 Å². The molecule has 0 aromatic heterocycles. The van der Waals surface area contributed by atoms with Crippen molar-refractivity contribution in [3.63, 3.8) is 0 Å². The van der Waals surface area contributed by atoms with Crippen LogP contribution in [0.3, 0.4) is 0 Å². The highest BCUT2D eigenvalue weighted by Gasteiger charge is 2.27. The molecule has 3 nitrogen and oxygen atoms in total. The number of carbonyl (C=O) groups is 2. The number of hydrogen-bond donors (Lipinski definition) is 2. The number of imide groups is 1. The van der Waals surface area contributed by atoms with Crippen LogP contribution in [0.25, 0.3) is 0 Å². The average molecular weight is 219 g/mol. The third-order valence-corrected chi connectivity index (χ3v) is 2.78. The molecular weight excluding hydrogens is 206 g/mol. The third-order valence-electron chi connectivity index (χ3n) is 2.35. The van der Waals surface area contributed by atoms with E-state index in [0.717, 1.165) is 30.6 Å². The molecule has 0 heterocycles. The largest absolute Gasteiger partial charge is 0.286 e. The van der Waals surface area contributed by atoms with Gasteiger partial charge in [0.2, 0.25) is 0 Å². The number of rotatable bonds is 1. The topological polar surface area (TPSA) is 37.4 Å². The first kappa shape index (κ1) is 10.9. The van der Waals surface area contributed by atoms with Gasteiger partial charge in [-0.25, -0.2) is 0 Å². The van der Waals surface area contributed by atoms with Crippen molar-refractivity contribution in [2.24, 2.45) is 0 Å². The quantitative estimate of drug-likeness (QED) is 0.665. The van der Waals surface area contributed by atoms with Gasteiger partial charge in [-0.2, -0.15) is 0 Å². The van der Waals surface area contributed by atoms with E-state index < -0.39 is 10.5 Å². The fourth-order valence-corrected chi connectivity index (χ4v) is 2.32. The molecule has 0 N–H and O–H groups in total. The van der Waals surface area contributed by atoms with Gasteiger partial charge in [0, 0.05) is 6.04 Å². The number of hydrogen-bond acceptors (Lipinski definition) is 2. The lowest BCUT2D eigenvalue weighted by molar-refractivity contribution is 0.187. The Bertz CT molecular complexity index is 200. The molecule has 5 heteroatoms. The van der Waals surface area contributed by atoms with Gasteiger partial charge in [0.1, 0.15) is 0 Å². The minimum absolute atomic E-state index is 0.0174. The first-order valence-corrected chi connectivity index (χ1v) is 5.27. The van der Waals surface area contributed by atoms with E-state index in [9.17, 15) is 9.59 Å². The van der Waals surface area contributed by atoms with Gasteiger partial charge < -0.3 is 0 Å². The summed E-state index contributed by atoms with van der Waals surface area (Å²) in [6.07, 6.45) is 5.11. The zero-order chi connectivity index (χ0) is 9.84. The van der Waals surface area contributed by atoms with E-state index in [0.29, 0.717) is 0 Å². The molecule has 0 saturated heterocycles. The second-order valence-electron chi connectivity index (χ2n) is 3.23. The Balaban J connectivity index is 2.62. The highest BCUT2D eigenvalue weighted by Crippen LogP contribution is 2.24. The summed E-state index contributed by atoms with van der Waals surface area (Å²) in [4.78, 5) is 23.2. The molecule has 13 heavy (non-hydrogen) atoms. The number of thiol groups is 2. The summed E-state index contributed by atoms with van der Waals surface area (Å²) in [5.41, 5.74) is 0. The number of carbonyl (C=O) groups excluding carboxylic acids is 2. The van der Waals surface area contributed by atoms with E-state index in [1.54, 1.807) is 0 Å². The van der Waals surface area contributed by atoms with Gasteiger partial charge in [0.25, 0.3) is 10.5 Å². The molecule has 1 fully saturated rings. The summed E-state index contributed by atoms with van der Waals surface area (Å²) in [5, 5.41) is -0.987. The van der Waals surface area contributed by atoms with Crippen LogP contribution in [0.4, 0.5) is 9.59 Å². The lowest BCUT2D eigenvalue weighted by Crippen LogP contribution is -2.40. The van der Waals surface area contributed by atoms with Crippen molar-refractivity contribution in [2.45, 2.75) is 38.1 Å². The van der Waals surface area contributed by atoms with Crippen LogP contribution >= 0.6 is 25.3 Å². The van der Waals surface area contributed by atoms with Crippen LogP contribution in [-0.4, -0.2) is 21.4 Å². The van der Waals surface area contributed by atoms with Gasteiger partial charge >= 0.3 is 0 Å². The Morgan fingerprint density at radius 1 is 1.00 bits per heavy atom. The molecule has 2 amide bonds. The molecule has 1 aliphatic carbocycles. The van der Waals surface area contributed by atoms with Crippen LogP contribution in [0.5, 0.6) is 0 Å². The molecule has 0 aromatic carbocycles. The van der Waals surface area contributed by atoms with E-state index >= 15 is 0 Å². The Labute approximate surface area is 88.7 Å². The molecule has 1 rings (SSSR count). The molecule has 1 aliphatic rings. The minimum Gasteiger partial charge on any atom is -0.261 e. The molecule has 0 atom stereocenters. The minimum atomic E-state index is -0.494. The van der Waals surface area contributed by atoms with Crippen molar-refractivity contribution in [2.75, 3.05) is 0 Å². The van der Waals surface area contributed by atoms with Crippen molar-refractivity contribution in [3.8, 4) is 0 Å². The fourth-order valence-electron chi connectivity index (χ4n) is 1.73. The van der Waals surface area contributed by atoms with Gasteiger partial charge in [-0.15, -0.1) is 0 Å². The predicted molar refractivity (Wildman–Crippen MR) is 57.5 cm³/mol. The second kappa shape index (κ2) is 4.91. The van der Waals surface area contributed by atoms with E-state index in [1.807, 2.05) is 0 Å². The number of amides is 2. The van der Waals surface area contributed by atoms with Gasteiger partial charge in [-0.3, -0.25) is 14.5 Å². The van der Waals surface area contributed by atoms with Gasteiger partial charge in [0.05, 0.1) is 0 Å². The van der Waals surface area contributed by atoms with Crippen molar-refractivity contribution < 1.29 is 9.59 Å². The zero-order valence-electron chi connectivity index (χ0n) is 7.27. The Kier molecular flexibility index (Phi) is 4.12. The monoisotopic (exact) mass is 219 g/mol. The maximum Gasteiger partial charge on any atom is 0.286 e. The van der Waals surface area contributed by atoms with Gasteiger partial charge in [-0.1, -0.05) is 44.5 Å². The summed E-state index contributed by atoms with van der Waals surface area (Å²) >= 11 is 7.32. The second-order valence-corrected chi connectivity index (χ2v) is 3.99. The molecular formula is C8H13NO2S2. The third kappa shape index (κ3) is 2.91. The smallest absolute Gasteiger partial charge is 0.261 e. The Hall–Kier alpha value is -0.160. The molecule has 0 aliphatic heterocycles. The molecule has 0 radical (unpaired) electrons. The lowest BCUT2D eigenvalue weighted by Gasteiger charge is -2.30. The van der Waals surface area contributed by atoms with E-state index in [-0.39, 0.29) is 6.04 Å². The van der Waals surface area contributed by atoms with Crippen LogP contribution in [0.2, 0.25) is 0 Å². The molecule has 1 saturated carbocycles. The summed E-state index contributed by atoms with van der Waals surface area (Å²) in [6.45, 7) is 0. The molecule has 0 bridgehead atoms. The zero-order valence-corrected chi connectivity index (χ0v) is 9.06. The summed E-state index contributed by atoms with van der Waals surface area (Å²) in [5.74, 6) is 0. The summed E-state index contributed by atoms with van der Waals surface area (Å²) < 4.78 is 0. The Morgan fingerprint density at radius 3 is 1.85 bits per heavy atom. The maximum absolute atomic E-state index is 11.0. The molecule has 0 aromatic rings. The normalized spacial score (nSPS) is 18.3.